The third-order valence-corrected chi connectivity index (χ3v) is 5.09. The Bertz CT molecular complexity index is 468. The molecule has 1 aromatic carbocycles. The van der Waals surface area contributed by atoms with E-state index in [1.807, 2.05) is 6.07 Å². The summed E-state index contributed by atoms with van der Waals surface area (Å²) < 4.78 is 11.0. The lowest BCUT2D eigenvalue weighted by molar-refractivity contribution is 0.0212. The number of nitrogens with zero attached hydrogens (tertiary/aromatic N) is 1. The monoisotopic (exact) mass is 324 g/mol. The van der Waals surface area contributed by atoms with E-state index >= 15 is 0 Å². The number of ether oxygens (including phenoxy) is 2. The topological polar surface area (TPSA) is 33.7 Å². The summed E-state index contributed by atoms with van der Waals surface area (Å²) in [6.45, 7) is 6.05. The third-order valence-electron chi connectivity index (χ3n) is 4.77. The van der Waals surface area contributed by atoms with Gasteiger partial charge in [0.05, 0.1) is 12.1 Å². The minimum atomic E-state index is 0.428. The molecule has 2 fully saturated rings. The minimum absolute atomic E-state index is 0.428. The highest BCUT2D eigenvalue weighted by Gasteiger charge is 2.31. The predicted octanol–water partition coefficient (Wildman–Crippen LogP) is 2.72. The highest BCUT2D eigenvalue weighted by molar-refractivity contribution is 6.32. The summed E-state index contributed by atoms with van der Waals surface area (Å²) in [5.41, 5.74) is 1.31. The summed E-state index contributed by atoms with van der Waals surface area (Å²) in [5, 5.41) is 4.12. The summed E-state index contributed by atoms with van der Waals surface area (Å²) in [5.74, 6) is 1.41. The maximum absolute atomic E-state index is 6.20. The molecule has 0 spiro atoms. The first-order valence-corrected chi connectivity index (χ1v) is 8.53. The first-order valence-electron chi connectivity index (χ1n) is 8.15. The average Bonchev–Trinajstić information content (AvgIpc) is 2.58. The Morgan fingerprint density at radius 1 is 1.27 bits per heavy atom. The van der Waals surface area contributed by atoms with Crippen LogP contribution in [0, 0.1) is 5.92 Å². The van der Waals surface area contributed by atoms with E-state index < -0.39 is 0 Å². The number of hydrogen-bond acceptors (Lipinski definition) is 4. The second-order valence-corrected chi connectivity index (χ2v) is 6.48. The second kappa shape index (κ2) is 7.64. The molecule has 2 aliphatic heterocycles. The maximum atomic E-state index is 6.20. The Morgan fingerprint density at radius 3 is 2.68 bits per heavy atom. The minimum Gasteiger partial charge on any atom is -0.495 e. The number of hydrogen-bond donors (Lipinski definition) is 1. The maximum Gasteiger partial charge on any atom is 0.137 e. The van der Waals surface area contributed by atoms with Crippen molar-refractivity contribution >= 4 is 11.6 Å². The molecule has 5 heteroatoms. The summed E-state index contributed by atoms with van der Waals surface area (Å²) in [6.07, 6.45) is 2.25. The molecule has 1 N–H and O–H groups in total. The molecule has 0 radical (unpaired) electrons. The van der Waals surface area contributed by atoms with Gasteiger partial charge in [0.15, 0.2) is 0 Å². The van der Waals surface area contributed by atoms with Gasteiger partial charge in [-0.05, 0) is 36.5 Å². The van der Waals surface area contributed by atoms with Crippen LogP contribution in [0.4, 0.5) is 0 Å². The van der Waals surface area contributed by atoms with Crippen LogP contribution in [0.3, 0.4) is 0 Å². The zero-order chi connectivity index (χ0) is 15.4. The van der Waals surface area contributed by atoms with Crippen LogP contribution in [0.2, 0.25) is 5.02 Å². The Hall–Kier alpha value is -0.810. The first-order chi connectivity index (χ1) is 10.8. The molecule has 0 saturated carbocycles. The van der Waals surface area contributed by atoms with Gasteiger partial charge in [0.25, 0.3) is 0 Å². The molecule has 2 aliphatic rings. The predicted molar refractivity (Wildman–Crippen MR) is 88.7 cm³/mol. The highest BCUT2D eigenvalue weighted by atomic mass is 35.5. The second-order valence-electron chi connectivity index (χ2n) is 6.07. The molecule has 0 bridgehead atoms. The van der Waals surface area contributed by atoms with Crippen LogP contribution >= 0.6 is 11.6 Å². The molecule has 3 rings (SSSR count). The van der Waals surface area contributed by atoms with Crippen LogP contribution in [0.1, 0.15) is 24.4 Å². The Balaban J connectivity index is 1.89. The van der Waals surface area contributed by atoms with E-state index in [1.165, 1.54) is 5.56 Å². The van der Waals surface area contributed by atoms with Crippen molar-refractivity contribution in [3.8, 4) is 5.75 Å². The van der Waals surface area contributed by atoms with Gasteiger partial charge >= 0.3 is 0 Å². The number of halogens is 1. The number of methoxy groups -OCH3 is 1. The van der Waals surface area contributed by atoms with E-state index in [1.54, 1.807) is 7.11 Å². The number of benzene rings is 1. The van der Waals surface area contributed by atoms with Crippen molar-refractivity contribution in [2.45, 2.75) is 18.9 Å². The molecular weight excluding hydrogens is 300 g/mol. The zero-order valence-corrected chi connectivity index (χ0v) is 13.9. The van der Waals surface area contributed by atoms with E-state index in [9.17, 15) is 0 Å². The third kappa shape index (κ3) is 3.57. The summed E-state index contributed by atoms with van der Waals surface area (Å²) >= 11 is 6.20. The quantitative estimate of drug-likeness (QED) is 0.923. The van der Waals surface area contributed by atoms with Gasteiger partial charge < -0.3 is 14.8 Å². The molecule has 22 heavy (non-hydrogen) atoms. The Kier molecular flexibility index (Phi) is 5.58. The summed E-state index contributed by atoms with van der Waals surface area (Å²) in [4.78, 5) is 2.61. The van der Waals surface area contributed by atoms with Crippen LogP contribution in [-0.4, -0.2) is 51.4 Å². The number of nitrogens with one attached hydrogen (secondary N) is 1. The molecule has 0 aliphatic carbocycles. The lowest BCUT2D eigenvalue weighted by atomic mass is 9.85. The van der Waals surface area contributed by atoms with Crippen molar-refractivity contribution in [1.29, 1.82) is 0 Å². The first kappa shape index (κ1) is 16.1. The van der Waals surface area contributed by atoms with Gasteiger partial charge in [0, 0.05) is 45.4 Å². The van der Waals surface area contributed by atoms with Crippen molar-refractivity contribution in [2.24, 2.45) is 5.92 Å². The van der Waals surface area contributed by atoms with Gasteiger partial charge in [-0.3, -0.25) is 4.90 Å². The smallest absolute Gasteiger partial charge is 0.137 e. The molecule has 0 amide bonds. The summed E-state index contributed by atoms with van der Waals surface area (Å²) in [7, 11) is 1.68. The molecule has 1 atom stereocenters. The molecule has 122 valence electrons. The molecule has 1 aromatic rings. The fourth-order valence-corrected chi connectivity index (χ4v) is 3.83. The van der Waals surface area contributed by atoms with Crippen LogP contribution in [-0.2, 0) is 4.74 Å². The van der Waals surface area contributed by atoms with Crippen LogP contribution in [0.25, 0.3) is 0 Å². The largest absolute Gasteiger partial charge is 0.495 e. The van der Waals surface area contributed by atoms with Crippen molar-refractivity contribution in [3.05, 3.63) is 28.8 Å². The van der Waals surface area contributed by atoms with Gasteiger partial charge in [0.2, 0.25) is 0 Å². The van der Waals surface area contributed by atoms with Crippen LogP contribution < -0.4 is 10.1 Å². The lowest BCUT2D eigenvalue weighted by Gasteiger charge is -2.41. The standard InChI is InChI=1S/C17H25ClN2O2/c1-21-16-12-14(2-3-15(16)18)17(13-4-10-22-11-5-13)20-8-6-19-7-9-20/h2-3,12-13,17,19H,4-11H2,1H3/t17-/m0/s1. The van der Waals surface area contributed by atoms with E-state index in [4.69, 9.17) is 21.1 Å². The normalized spacial score (nSPS) is 22.5. The van der Waals surface area contributed by atoms with Gasteiger partial charge in [-0.1, -0.05) is 17.7 Å². The van der Waals surface area contributed by atoms with Crippen molar-refractivity contribution in [3.63, 3.8) is 0 Å². The van der Waals surface area contributed by atoms with Crippen LogP contribution in [0.15, 0.2) is 18.2 Å². The SMILES string of the molecule is COc1cc([C@H](C2CCOCC2)N2CCNCC2)ccc1Cl. The zero-order valence-electron chi connectivity index (χ0n) is 13.2. The number of piperazine rings is 1. The van der Waals surface area contributed by atoms with E-state index in [2.05, 4.69) is 22.3 Å². The molecule has 0 aromatic heterocycles. The molecule has 4 nitrogen and oxygen atoms in total. The lowest BCUT2D eigenvalue weighted by Crippen LogP contribution is -2.47. The Morgan fingerprint density at radius 2 is 2.00 bits per heavy atom. The molecule has 0 unspecified atom stereocenters. The van der Waals surface area contributed by atoms with Gasteiger partial charge in [-0.15, -0.1) is 0 Å². The van der Waals surface area contributed by atoms with Gasteiger partial charge in [-0.2, -0.15) is 0 Å². The molecule has 2 heterocycles. The van der Waals surface area contributed by atoms with Gasteiger partial charge in [-0.25, -0.2) is 0 Å². The van der Waals surface area contributed by atoms with Crippen molar-refractivity contribution in [2.75, 3.05) is 46.5 Å². The van der Waals surface area contributed by atoms with Crippen molar-refractivity contribution in [1.82, 2.24) is 10.2 Å². The number of rotatable bonds is 4. The van der Waals surface area contributed by atoms with E-state index in [0.717, 1.165) is 58.0 Å². The summed E-state index contributed by atoms with van der Waals surface area (Å²) in [6, 6.07) is 6.67. The van der Waals surface area contributed by atoms with Crippen LogP contribution in [0.5, 0.6) is 5.75 Å². The van der Waals surface area contributed by atoms with Crippen molar-refractivity contribution < 1.29 is 9.47 Å². The fourth-order valence-electron chi connectivity index (χ4n) is 3.63. The Labute approximate surface area is 137 Å². The average molecular weight is 325 g/mol. The fraction of sp³-hybridized carbons (Fsp3) is 0.647. The highest BCUT2D eigenvalue weighted by Crippen LogP contribution is 2.38. The van der Waals surface area contributed by atoms with E-state index in [0.29, 0.717) is 17.0 Å². The van der Waals surface area contributed by atoms with E-state index in [-0.39, 0.29) is 0 Å². The molecular formula is C17H25ClN2O2. The van der Waals surface area contributed by atoms with Gasteiger partial charge in [0.1, 0.15) is 5.75 Å². The molecule has 2 saturated heterocycles.